The van der Waals surface area contributed by atoms with Gasteiger partial charge in [0.05, 0.1) is 18.0 Å². The van der Waals surface area contributed by atoms with E-state index < -0.39 is 5.66 Å². The predicted molar refractivity (Wildman–Crippen MR) is 169 cm³/mol. The fourth-order valence-electron chi connectivity index (χ4n) is 8.34. The number of hydrogen-bond acceptors (Lipinski definition) is 3. The number of pyridine rings is 2. The second kappa shape index (κ2) is 7.29. The van der Waals surface area contributed by atoms with Crippen LogP contribution in [0.2, 0.25) is 0 Å². The van der Waals surface area contributed by atoms with Crippen molar-refractivity contribution in [3.63, 3.8) is 0 Å². The zero-order valence-corrected chi connectivity index (χ0v) is 23.7. The highest BCUT2D eigenvalue weighted by Gasteiger charge is 2.68. The summed E-state index contributed by atoms with van der Waals surface area (Å²) >= 11 is 0. The van der Waals surface area contributed by atoms with E-state index in [1.165, 1.54) is 21.8 Å². The topological polar surface area (TPSA) is 52.9 Å². The molecule has 5 aromatic heterocycles. The number of hydrogen-bond donors (Lipinski definition) is 0. The Balaban J connectivity index is 1.22. The van der Waals surface area contributed by atoms with Crippen LogP contribution in [0.15, 0.2) is 132 Å². The van der Waals surface area contributed by atoms with Crippen molar-refractivity contribution in [1.82, 2.24) is 14.2 Å². The van der Waals surface area contributed by atoms with Crippen LogP contribution in [0.5, 0.6) is 11.5 Å². The normalized spacial score (nSPS) is 16.7. The summed E-state index contributed by atoms with van der Waals surface area (Å²) in [6.07, 6.45) is 8.54. The molecule has 208 valence electrons. The summed E-state index contributed by atoms with van der Waals surface area (Å²) in [5, 5.41) is 3.47. The maximum absolute atomic E-state index is 6.76. The maximum Gasteiger partial charge on any atom is 0.397 e. The highest BCUT2D eigenvalue weighted by Crippen LogP contribution is 2.55. The van der Waals surface area contributed by atoms with Gasteiger partial charge in [-0.05, 0) is 72.3 Å². The molecule has 0 bridgehead atoms. The van der Waals surface area contributed by atoms with Crippen LogP contribution >= 0.6 is 0 Å². The Kier molecular flexibility index (Phi) is 3.62. The van der Waals surface area contributed by atoms with E-state index >= 15 is 0 Å². The summed E-state index contributed by atoms with van der Waals surface area (Å²) < 4.78 is 22.5. The first-order chi connectivity index (χ1) is 22.3. The van der Waals surface area contributed by atoms with Gasteiger partial charge >= 0.3 is 5.66 Å². The van der Waals surface area contributed by atoms with Gasteiger partial charge in [0.15, 0.2) is 16.7 Å². The number of nitrogens with zero attached hydrogens (tertiary/aromatic N) is 5. The van der Waals surface area contributed by atoms with Crippen molar-refractivity contribution in [1.29, 1.82) is 0 Å². The second-order valence-electron chi connectivity index (χ2n) is 12.1. The first kappa shape index (κ1) is 22.3. The smallest absolute Gasteiger partial charge is 0.397 e. The lowest BCUT2D eigenvalue weighted by molar-refractivity contribution is -0.993. The zero-order chi connectivity index (χ0) is 29.0. The van der Waals surface area contributed by atoms with E-state index in [4.69, 9.17) is 9.15 Å². The third-order valence-electron chi connectivity index (χ3n) is 10.0. The Morgan fingerprint density at radius 3 is 2.62 bits per heavy atom. The van der Waals surface area contributed by atoms with Crippen LogP contribution < -0.4 is 14.0 Å². The summed E-state index contributed by atoms with van der Waals surface area (Å²) in [6.45, 7) is 0. The average molecular weight is 580 g/mol. The fraction of sp³-hybridized carbons (Fsp3) is 0.0263. The van der Waals surface area contributed by atoms with Crippen LogP contribution in [0, 0.1) is 0 Å². The molecule has 0 fully saturated rings. The molecule has 12 rings (SSSR count). The lowest BCUT2D eigenvalue weighted by Gasteiger charge is -2.32. The summed E-state index contributed by atoms with van der Waals surface area (Å²) in [5.74, 6) is 2.86. The average Bonchev–Trinajstić information content (AvgIpc) is 3.84. The number of para-hydroxylation sites is 1. The van der Waals surface area contributed by atoms with Crippen LogP contribution in [-0.4, -0.2) is 14.2 Å². The van der Waals surface area contributed by atoms with E-state index in [2.05, 4.69) is 133 Å². The van der Waals surface area contributed by atoms with Gasteiger partial charge in [0, 0.05) is 28.4 Å². The minimum absolute atomic E-state index is 0.703. The molecule has 0 saturated heterocycles. The number of rotatable bonds is 1. The van der Waals surface area contributed by atoms with Crippen LogP contribution in [0.1, 0.15) is 11.1 Å². The molecule has 9 aromatic rings. The number of benzene rings is 4. The van der Waals surface area contributed by atoms with Crippen molar-refractivity contribution in [2.75, 3.05) is 0 Å². The maximum atomic E-state index is 6.76. The van der Waals surface area contributed by atoms with Crippen molar-refractivity contribution < 1.29 is 18.4 Å². The fourth-order valence-corrected chi connectivity index (χ4v) is 8.34. The monoisotopic (exact) mass is 579 g/mol. The summed E-state index contributed by atoms with van der Waals surface area (Å²) in [5.41, 5.74) is 9.75. The van der Waals surface area contributed by atoms with Crippen molar-refractivity contribution in [3.8, 4) is 34.1 Å². The molecule has 7 nitrogen and oxygen atoms in total. The van der Waals surface area contributed by atoms with Crippen molar-refractivity contribution >= 4 is 43.9 Å². The molecule has 0 saturated carbocycles. The molecule has 1 atom stereocenters. The molecular weight excluding hydrogens is 558 g/mol. The van der Waals surface area contributed by atoms with Crippen molar-refractivity contribution in [3.05, 3.63) is 139 Å². The summed E-state index contributed by atoms with van der Waals surface area (Å²) in [6, 6.07) is 36.2. The van der Waals surface area contributed by atoms with Gasteiger partial charge in [0.1, 0.15) is 39.4 Å². The molecule has 1 unspecified atom stereocenters. The molecule has 1 spiro atoms. The van der Waals surface area contributed by atoms with Crippen molar-refractivity contribution in [2.45, 2.75) is 5.66 Å². The van der Waals surface area contributed by atoms with E-state index in [9.17, 15) is 0 Å². The number of aromatic nitrogens is 5. The van der Waals surface area contributed by atoms with Crippen LogP contribution in [0.25, 0.3) is 66.5 Å². The molecule has 0 radical (unpaired) electrons. The molecule has 8 heterocycles. The third-order valence-corrected chi connectivity index (χ3v) is 10.0. The molecule has 0 N–H and O–H groups in total. The van der Waals surface area contributed by atoms with E-state index in [1.807, 2.05) is 18.3 Å². The summed E-state index contributed by atoms with van der Waals surface area (Å²) in [7, 11) is 0. The predicted octanol–water partition coefficient (Wildman–Crippen LogP) is 7.14. The molecule has 3 aliphatic heterocycles. The molecule has 0 aliphatic carbocycles. The van der Waals surface area contributed by atoms with E-state index in [-0.39, 0.29) is 0 Å². The van der Waals surface area contributed by atoms with E-state index in [0.717, 1.165) is 67.3 Å². The van der Waals surface area contributed by atoms with Gasteiger partial charge in [-0.1, -0.05) is 35.0 Å². The van der Waals surface area contributed by atoms with Crippen molar-refractivity contribution in [2.24, 2.45) is 0 Å². The Bertz CT molecular complexity index is 2820. The lowest BCUT2D eigenvalue weighted by atomic mass is 9.84. The van der Waals surface area contributed by atoms with E-state index in [1.54, 1.807) is 0 Å². The van der Waals surface area contributed by atoms with Gasteiger partial charge in [-0.3, -0.25) is 4.98 Å². The Labute approximate surface area is 255 Å². The van der Waals surface area contributed by atoms with Crippen LogP contribution in [0.3, 0.4) is 0 Å². The minimum atomic E-state index is -0.703. The first-order valence-electron chi connectivity index (χ1n) is 15.1. The SMILES string of the molecule is c1cc2c3c(c1)-n1cc(-c4ccc5c(c4)oc4cccnc45)c[n+]1C31c3c(ccc4c5ccccc5n(c34)-c3cccc[n+]31)O2. The Hall–Kier alpha value is -6.21. The standard InChI is InChI=1S/C38H21N5O2/c1-2-8-27-24(7-1)25-15-16-30-35-37(25)43(27)33-12-3-4-18-40(33)38(35)34-28(9-5-10-29(34)44-30)41-20-23(21-42(38)41)22-13-14-26-32(19-22)45-31-11-6-17-39-36(26)31/h1-21H/q+2. The highest BCUT2D eigenvalue weighted by molar-refractivity contribution is 6.11. The van der Waals surface area contributed by atoms with Gasteiger partial charge in [0.25, 0.3) is 5.82 Å². The zero-order valence-electron chi connectivity index (χ0n) is 23.7. The molecular formula is C38H21N5O2+2. The Morgan fingerprint density at radius 1 is 0.711 bits per heavy atom. The largest absolute Gasteiger partial charge is 0.456 e. The molecule has 45 heavy (non-hydrogen) atoms. The molecule has 7 heteroatoms. The molecule has 4 aromatic carbocycles. The Morgan fingerprint density at radius 2 is 1.62 bits per heavy atom. The first-order valence-corrected chi connectivity index (χ1v) is 15.1. The molecule has 0 amide bonds. The van der Waals surface area contributed by atoms with Crippen LogP contribution in [0.4, 0.5) is 0 Å². The van der Waals surface area contributed by atoms with Gasteiger partial charge in [-0.2, -0.15) is 9.13 Å². The van der Waals surface area contributed by atoms with E-state index in [0.29, 0.717) is 0 Å². The number of ether oxygens (including phenoxy) is 1. The second-order valence-corrected chi connectivity index (χ2v) is 12.1. The minimum Gasteiger partial charge on any atom is -0.456 e. The van der Waals surface area contributed by atoms with Gasteiger partial charge in [0.2, 0.25) is 6.20 Å². The van der Waals surface area contributed by atoms with Gasteiger partial charge in [-0.25, -0.2) is 0 Å². The molecule has 3 aliphatic rings. The number of furan rings is 1. The lowest BCUT2D eigenvalue weighted by Crippen LogP contribution is -2.76. The van der Waals surface area contributed by atoms with Gasteiger partial charge < -0.3 is 9.15 Å². The summed E-state index contributed by atoms with van der Waals surface area (Å²) in [4.78, 5) is 4.56. The van der Waals surface area contributed by atoms with Gasteiger partial charge in [-0.15, -0.1) is 4.68 Å². The number of fused-ring (bicyclic) bond motifs is 10. The quantitative estimate of drug-likeness (QED) is 0.194. The highest BCUT2D eigenvalue weighted by atomic mass is 16.5. The third kappa shape index (κ3) is 2.37. The van der Waals surface area contributed by atoms with Crippen LogP contribution in [-0.2, 0) is 5.66 Å².